The molecule has 5 heteroatoms. The number of hydrogen-bond donors (Lipinski definition) is 0. The van der Waals surface area contributed by atoms with Crippen LogP contribution in [0.5, 0.6) is 5.75 Å². The monoisotopic (exact) mass is 342 g/mol. The number of rotatable bonds is 5. The quantitative estimate of drug-likeness (QED) is 0.563. The molecule has 0 aliphatic rings. The summed E-state index contributed by atoms with van der Waals surface area (Å²) >= 11 is 6.33. The molecule has 0 fully saturated rings. The molecular formula is C10H10Br2F2O. The van der Waals surface area contributed by atoms with Crippen LogP contribution >= 0.6 is 31.9 Å². The van der Waals surface area contributed by atoms with Crippen molar-refractivity contribution in [3.8, 4) is 5.75 Å². The van der Waals surface area contributed by atoms with Crippen molar-refractivity contribution in [3.63, 3.8) is 0 Å². The van der Waals surface area contributed by atoms with Crippen LogP contribution in [0.3, 0.4) is 0 Å². The van der Waals surface area contributed by atoms with Crippen LogP contribution in [0.25, 0.3) is 0 Å². The maximum absolute atomic E-state index is 12.7. The summed E-state index contributed by atoms with van der Waals surface area (Å²) in [4.78, 5) is 0. The van der Waals surface area contributed by atoms with Crippen molar-refractivity contribution in [2.75, 3.05) is 11.9 Å². The lowest BCUT2D eigenvalue weighted by Crippen LogP contribution is -2.01. The van der Waals surface area contributed by atoms with Crippen molar-refractivity contribution in [1.29, 1.82) is 0 Å². The zero-order valence-electron chi connectivity index (χ0n) is 7.85. The van der Waals surface area contributed by atoms with E-state index in [1.165, 1.54) is 0 Å². The highest BCUT2D eigenvalue weighted by atomic mass is 79.9. The molecule has 0 aromatic heterocycles. The van der Waals surface area contributed by atoms with E-state index in [9.17, 15) is 8.78 Å². The third kappa shape index (κ3) is 3.72. The van der Waals surface area contributed by atoms with Gasteiger partial charge < -0.3 is 4.74 Å². The maximum Gasteiger partial charge on any atom is 0.268 e. The van der Waals surface area contributed by atoms with E-state index in [0.29, 0.717) is 11.1 Å². The Balaban J connectivity index is 2.81. The Hall–Kier alpha value is -0.160. The summed E-state index contributed by atoms with van der Waals surface area (Å²) in [7, 11) is 0. The van der Waals surface area contributed by atoms with Gasteiger partial charge in [-0.3, -0.25) is 0 Å². The largest absolute Gasteiger partial charge is 0.493 e. The lowest BCUT2D eigenvalue weighted by Gasteiger charge is -2.11. The first-order valence-corrected chi connectivity index (χ1v) is 6.33. The van der Waals surface area contributed by atoms with Gasteiger partial charge in [-0.15, -0.1) is 0 Å². The van der Waals surface area contributed by atoms with Crippen LogP contribution in [-0.4, -0.2) is 11.9 Å². The zero-order chi connectivity index (χ0) is 11.3. The Morgan fingerprint density at radius 3 is 2.67 bits per heavy atom. The molecule has 0 aliphatic heterocycles. The third-order valence-electron chi connectivity index (χ3n) is 1.77. The molecule has 0 saturated heterocycles. The molecule has 0 heterocycles. The van der Waals surface area contributed by atoms with E-state index in [2.05, 4.69) is 31.9 Å². The summed E-state index contributed by atoms with van der Waals surface area (Å²) in [6.07, 6.45) is -1.74. The molecule has 0 saturated carbocycles. The molecule has 1 rings (SSSR count). The summed E-state index contributed by atoms with van der Waals surface area (Å²) in [6.45, 7) is 0.432. The second-order valence-electron chi connectivity index (χ2n) is 2.84. The molecule has 0 bridgehead atoms. The van der Waals surface area contributed by atoms with Crippen LogP contribution in [0, 0.1) is 0 Å². The normalized spacial score (nSPS) is 10.7. The first-order valence-electron chi connectivity index (χ1n) is 4.42. The van der Waals surface area contributed by atoms with Crippen LogP contribution in [0.1, 0.15) is 18.4 Å². The van der Waals surface area contributed by atoms with Gasteiger partial charge in [0.15, 0.2) is 0 Å². The van der Waals surface area contributed by atoms with Crippen molar-refractivity contribution in [3.05, 3.63) is 28.2 Å². The van der Waals surface area contributed by atoms with Crippen LogP contribution in [0.2, 0.25) is 0 Å². The van der Waals surface area contributed by atoms with Gasteiger partial charge in [-0.2, -0.15) is 0 Å². The van der Waals surface area contributed by atoms with Crippen molar-refractivity contribution >= 4 is 31.9 Å². The van der Waals surface area contributed by atoms with Gasteiger partial charge in [-0.05, 0) is 18.6 Å². The maximum atomic E-state index is 12.7. The van der Waals surface area contributed by atoms with Crippen LogP contribution in [0.4, 0.5) is 8.78 Å². The average molecular weight is 344 g/mol. The van der Waals surface area contributed by atoms with Gasteiger partial charge in [0.05, 0.1) is 12.2 Å². The molecule has 1 nitrogen and oxygen atoms in total. The van der Waals surface area contributed by atoms with Gasteiger partial charge in [-0.25, -0.2) is 8.78 Å². The lowest BCUT2D eigenvalue weighted by atomic mass is 10.2. The average Bonchev–Trinajstić information content (AvgIpc) is 2.17. The molecule has 0 atom stereocenters. The zero-order valence-corrected chi connectivity index (χ0v) is 11.0. The SMILES string of the molecule is FC(F)c1c(Br)cccc1OCCCBr. The summed E-state index contributed by atoms with van der Waals surface area (Å²) in [5, 5.41) is 0.797. The Kier molecular flexibility index (Phi) is 5.53. The predicted octanol–water partition coefficient (Wildman–Crippen LogP) is 4.55. The Morgan fingerprint density at radius 1 is 1.33 bits per heavy atom. The Morgan fingerprint density at radius 2 is 2.07 bits per heavy atom. The van der Waals surface area contributed by atoms with Crippen molar-refractivity contribution in [1.82, 2.24) is 0 Å². The Bertz CT molecular complexity index is 318. The fourth-order valence-electron chi connectivity index (χ4n) is 1.09. The minimum absolute atomic E-state index is 0.0768. The minimum atomic E-state index is -2.53. The van der Waals surface area contributed by atoms with E-state index in [1.54, 1.807) is 18.2 Å². The molecule has 0 radical (unpaired) electrons. The number of ether oxygens (including phenoxy) is 1. The van der Waals surface area contributed by atoms with Gasteiger partial charge in [-0.1, -0.05) is 37.9 Å². The summed E-state index contributed by atoms with van der Waals surface area (Å²) in [5.41, 5.74) is -0.0768. The lowest BCUT2D eigenvalue weighted by molar-refractivity contribution is 0.144. The fourth-order valence-corrected chi connectivity index (χ4v) is 1.84. The minimum Gasteiger partial charge on any atom is -0.493 e. The highest BCUT2D eigenvalue weighted by Crippen LogP contribution is 2.35. The van der Waals surface area contributed by atoms with Gasteiger partial charge in [0.25, 0.3) is 6.43 Å². The molecule has 0 unspecified atom stereocenters. The smallest absolute Gasteiger partial charge is 0.268 e. The highest BCUT2D eigenvalue weighted by Gasteiger charge is 2.17. The predicted molar refractivity (Wildman–Crippen MR) is 63.0 cm³/mol. The van der Waals surface area contributed by atoms with E-state index in [1.807, 2.05) is 0 Å². The van der Waals surface area contributed by atoms with E-state index in [-0.39, 0.29) is 11.3 Å². The van der Waals surface area contributed by atoms with E-state index in [0.717, 1.165) is 11.8 Å². The second kappa shape index (κ2) is 6.43. The molecule has 1 aromatic rings. The summed E-state index contributed by atoms with van der Waals surface area (Å²) in [6, 6.07) is 4.82. The summed E-state index contributed by atoms with van der Waals surface area (Å²) < 4.78 is 31.0. The first-order chi connectivity index (χ1) is 7.16. The van der Waals surface area contributed by atoms with E-state index < -0.39 is 6.43 Å². The van der Waals surface area contributed by atoms with Crippen molar-refractivity contribution in [2.45, 2.75) is 12.8 Å². The molecule has 84 valence electrons. The highest BCUT2D eigenvalue weighted by molar-refractivity contribution is 9.10. The third-order valence-corrected chi connectivity index (χ3v) is 3.02. The van der Waals surface area contributed by atoms with Crippen LogP contribution < -0.4 is 4.74 Å². The molecular weight excluding hydrogens is 334 g/mol. The van der Waals surface area contributed by atoms with Crippen LogP contribution in [-0.2, 0) is 0 Å². The van der Waals surface area contributed by atoms with Gasteiger partial charge in [0.1, 0.15) is 5.75 Å². The molecule has 0 N–H and O–H groups in total. The second-order valence-corrected chi connectivity index (χ2v) is 4.49. The standard InChI is InChI=1S/C10H10Br2F2O/c11-5-2-6-15-8-4-1-3-7(12)9(8)10(13)14/h1,3-4,10H,2,5-6H2. The van der Waals surface area contributed by atoms with Gasteiger partial charge in [0, 0.05) is 9.80 Å². The summed E-state index contributed by atoms with van der Waals surface area (Å²) in [5.74, 6) is 0.250. The van der Waals surface area contributed by atoms with Gasteiger partial charge in [0.2, 0.25) is 0 Å². The van der Waals surface area contributed by atoms with E-state index >= 15 is 0 Å². The number of hydrogen-bond acceptors (Lipinski definition) is 1. The topological polar surface area (TPSA) is 9.23 Å². The van der Waals surface area contributed by atoms with Crippen LogP contribution in [0.15, 0.2) is 22.7 Å². The number of alkyl halides is 3. The molecule has 0 amide bonds. The number of halogens is 4. The Labute approximate surface area is 104 Å². The van der Waals surface area contributed by atoms with Crippen molar-refractivity contribution < 1.29 is 13.5 Å². The fraction of sp³-hybridized carbons (Fsp3) is 0.400. The number of benzene rings is 1. The molecule has 0 spiro atoms. The van der Waals surface area contributed by atoms with E-state index in [4.69, 9.17) is 4.74 Å². The molecule has 15 heavy (non-hydrogen) atoms. The van der Waals surface area contributed by atoms with Gasteiger partial charge >= 0.3 is 0 Å². The molecule has 0 aliphatic carbocycles. The first kappa shape index (κ1) is 12.9. The molecule has 1 aromatic carbocycles. The van der Waals surface area contributed by atoms with Crippen molar-refractivity contribution in [2.24, 2.45) is 0 Å².